The number of imide groups is 2. The van der Waals surface area contributed by atoms with Crippen molar-refractivity contribution in [3.8, 4) is 23.5 Å². The monoisotopic (exact) mass is 1380 g/mol. The standard InChI is InChI=1S/C27H31F5N6O5.C27H31F3N6O6.C4H10F3NS.CH4/c1-24(2,3)42-22(39)37(23(40)43-25(4,5)6)19-18-20(35-14-34-19)38(16-9-7-8-11-26(16,28)29)36-21(18)41-17-13-15(10-12-33-17)27(30,31)32;1-25(2,3)41-23(38)35(24(39)42-26(4,5)6)20-19-21(33-14-32-20)36(16-9-7-8-10-17(16)37)34-22(19)40-18-13-15(11-12-31-18)27(28,29)30;1-3-8(4-2)9(5,6)7;/h10,12-14,16H,7-9,11H2,1-6H3;11-14,16H,7-10H2,1-6H3;3-4H2,1-2H3;1H4. The molecular formula is C59H76F11N13O11S. The molecule has 36 heteroatoms. The van der Waals surface area contributed by atoms with E-state index in [9.17, 15) is 62.0 Å². The van der Waals surface area contributed by atoms with Crippen LogP contribution in [-0.2, 0) is 36.1 Å². The molecule has 0 spiro atoms. The summed E-state index contributed by atoms with van der Waals surface area (Å²) in [5.41, 5.74) is -6.67. The molecule has 2 unspecified atom stereocenters. The molecule has 2 aliphatic carbocycles. The second kappa shape index (κ2) is 29.8. The number of alkyl halides is 8. The molecule has 526 valence electrons. The first-order chi connectivity index (χ1) is 43.2. The zero-order valence-corrected chi connectivity index (χ0v) is 54.5. The maximum absolute atomic E-state index is 15.1. The molecule has 2 atom stereocenters. The minimum Gasteiger partial charge on any atom is -0.443 e. The van der Waals surface area contributed by atoms with E-state index < -0.39 is 130 Å². The molecule has 95 heavy (non-hydrogen) atoms. The van der Waals surface area contributed by atoms with Gasteiger partial charge in [0.1, 0.15) is 57.9 Å². The zero-order chi connectivity index (χ0) is 70.5. The summed E-state index contributed by atoms with van der Waals surface area (Å²) in [6.45, 7) is 22.0. The Bertz CT molecular complexity index is 3630. The number of rotatable bonds is 11. The van der Waals surface area contributed by atoms with Crippen molar-refractivity contribution in [1.29, 1.82) is 0 Å². The van der Waals surface area contributed by atoms with Gasteiger partial charge in [0.25, 0.3) is 29.1 Å². The van der Waals surface area contributed by atoms with Gasteiger partial charge in [0.05, 0.1) is 11.1 Å². The van der Waals surface area contributed by atoms with E-state index in [2.05, 4.69) is 40.1 Å². The van der Waals surface area contributed by atoms with E-state index >= 15 is 8.78 Å². The number of carbonyl (C=O) groups is 5. The topological polar surface area (TPSA) is 263 Å². The number of aromatic nitrogens is 10. The van der Waals surface area contributed by atoms with Crippen LogP contribution in [0.5, 0.6) is 23.5 Å². The van der Waals surface area contributed by atoms with Crippen molar-refractivity contribution >= 4 is 75.2 Å². The Morgan fingerprint density at radius 2 is 0.947 bits per heavy atom. The second-order valence-electron chi connectivity index (χ2n) is 25.1. The first-order valence-electron chi connectivity index (χ1n) is 29.2. The van der Waals surface area contributed by atoms with Crippen molar-refractivity contribution in [3.63, 3.8) is 0 Å². The van der Waals surface area contributed by atoms with Gasteiger partial charge in [-0.1, -0.05) is 34.1 Å². The van der Waals surface area contributed by atoms with E-state index in [4.69, 9.17) is 28.4 Å². The van der Waals surface area contributed by atoms with E-state index in [1.165, 1.54) is 18.5 Å². The highest BCUT2D eigenvalue weighted by Crippen LogP contribution is 2.56. The molecule has 0 aliphatic heterocycles. The molecule has 2 saturated carbocycles. The maximum atomic E-state index is 15.1. The van der Waals surface area contributed by atoms with Gasteiger partial charge in [0.15, 0.2) is 28.7 Å². The van der Waals surface area contributed by atoms with Gasteiger partial charge >= 0.3 is 36.7 Å². The molecule has 4 amide bonds. The molecule has 24 nitrogen and oxygen atoms in total. The molecule has 0 saturated heterocycles. The lowest BCUT2D eigenvalue weighted by atomic mass is 9.91. The Hall–Kier alpha value is -8.31. The van der Waals surface area contributed by atoms with E-state index in [0.29, 0.717) is 58.0 Å². The van der Waals surface area contributed by atoms with Crippen molar-refractivity contribution in [1.82, 2.24) is 53.8 Å². The van der Waals surface area contributed by atoms with Crippen LogP contribution in [0.3, 0.4) is 0 Å². The molecular weight excluding hydrogens is 1310 g/mol. The van der Waals surface area contributed by atoms with Crippen LogP contribution in [0, 0.1) is 0 Å². The summed E-state index contributed by atoms with van der Waals surface area (Å²) in [4.78, 5) is 91.6. The highest BCUT2D eigenvalue weighted by Gasteiger charge is 2.46. The Morgan fingerprint density at radius 3 is 1.28 bits per heavy atom. The fourth-order valence-corrected chi connectivity index (χ4v) is 9.68. The lowest BCUT2D eigenvalue weighted by molar-refractivity contribution is -0.138. The van der Waals surface area contributed by atoms with Crippen LogP contribution in [0.2, 0.25) is 0 Å². The van der Waals surface area contributed by atoms with Gasteiger partial charge in [-0.15, -0.1) is 21.9 Å². The van der Waals surface area contributed by atoms with Gasteiger partial charge < -0.3 is 28.4 Å². The molecule has 2 aliphatic rings. The molecule has 2 fully saturated rings. The van der Waals surface area contributed by atoms with Crippen molar-refractivity contribution in [2.24, 2.45) is 0 Å². The molecule has 0 radical (unpaired) electrons. The van der Waals surface area contributed by atoms with Crippen molar-refractivity contribution in [3.05, 3.63) is 60.4 Å². The van der Waals surface area contributed by atoms with Gasteiger partial charge in [-0.2, -0.15) is 40.4 Å². The number of Topliss-reactive ketones (excluding diaryl/α,β-unsaturated/α-hetero) is 1. The highest BCUT2D eigenvalue weighted by atomic mass is 32.3. The van der Waals surface area contributed by atoms with E-state index in [1.807, 2.05) is 0 Å². The average Bonchev–Trinajstić information content (AvgIpc) is 1.63. The number of hydrogen-bond acceptors (Lipinski definition) is 20. The summed E-state index contributed by atoms with van der Waals surface area (Å²) < 4.78 is 182. The number of pyridine rings is 2. The number of fused-ring (bicyclic) bond motifs is 2. The predicted molar refractivity (Wildman–Crippen MR) is 325 cm³/mol. The van der Waals surface area contributed by atoms with E-state index in [0.717, 1.165) is 35.8 Å². The number of carbonyl (C=O) groups excluding carboxylic acids is 5. The van der Waals surface area contributed by atoms with Crippen LogP contribution >= 0.6 is 11.4 Å². The van der Waals surface area contributed by atoms with Crippen LogP contribution in [0.1, 0.15) is 179 Å². The Morgan fingerprint density at radius 1 is 0.568 bits per heavy atom. The second-order valence-corrected chi connectivity index (χ2v) is 26.4. The third-order valence-electron chi connectivity index (χ3n) is 13.0. The Labute approximate surface area is 541 Å². The summed E-state index contributed by atoms with van der Waals surface area (Å²) in [6.07, 6.45) is -8.11. The quantitative estimate of drug-likeness (QED) is 0.0862. The summed E-state index contributed by atoms with van der Waals surface area (Å²) in [5.74, 6) is -6.29. The number of anilines is 2. The van der Waals surface area contributed by atoms with Crippen molar-refractivity contribution in [2.45, 2.75) is 208 Å². The van der Waals surface area contributed by atoms with Gasteiger partial charge in [0, 0.05) is 50.5 Å². The minimum absolute atomic E-state index is 0. The third kappa shape index (κ3) is 20.6. The molecule has 8 rings (SSSR count). The SMILES string of the molecule is C.CC(C)(C)OC(=O)N(C(=O)OC(C)(C)C)c1ncnc2c1c(Oc1cc(C(F)(F)F)ccn1)nn2C1CCCCC1(F)F.CC(C)(C)OC(=O)N(C(=O)OC(C)(C)C)c1ncnc2c1c(Oc1cc(C(F)(F)F)ccn1)nn2C1CCCCC1=O.CCN(CC)S(F)(F)F. The van der Waals surface area contributed by atoms with Gasteiger partial charge in [-0.05, 0) is 121 Å². The number of nitrogens with zero attached hydrogens (tertiary/aromatic N) is 13. The van der Waals surface area contributed by atoms with Crippen molar-refractivity contribution < 1.29 is 99.2 Å². The lowest BCUT2D eigenvalue weighted by Gasteiger charge is -2.31. The molecule has 0 N–H and O–H groups in total. The smallest absolute Gasteiger partial charge is 0.425 e. The summed E-state index contributed by atoms with van der Waals surface area (Å²) >= 11 is -4.93. The summed E-state index contributed by atoms with van der Waals surface area (Å²) in [6, 6.07) is 0.448. The molecule has 0 aromatic carbocycles. The third-order valence-corrected chi connectivity index (χ3v) is 14.1. The molecule has 6 aromatic heterocycles. The van der Waals surface area contributed by atoms with Crippen LogP contribution in [0.25, 0.3) is 22.1 Å². The van der Waals surface area contributed by atoms with E-state index in [-0.39, 0.29) is 79.3 Å². The molecule has 6 aromatic rings. The fourth-order valence-electron chi connectivity index (χ4n) is 9.10. The number of ether oxygens (including phenoxy) is 6. The Balaban J connectivity index is 0.000000301. The van der Waals surface area contributed by atoms with E-state index in [1.54, 1.807) is 83.1 Å². The Kier molecular flexibility index (Phi) is 24.3. The largest absolute Gasteiger partial charge is 0.443 e. The lowest BCUT2D eigenvalue weighted by Crippen LogP contribution is -2.44. The number of hydrogen-bond donors (Lipinski definition) is 0. The van der Waals surface area contributed by atoms with Gasteiger partial charge in [0.2, 0.25) is 11.8 Å². The number of halogens is 11. The molecule has 6 heterocycles. The number of ketones is 1. The van der Waals surface area contributed by atoms with Crippen LogP contribution < -0.4 is 19.3 Å². The van der Waals surface area contributed by atoms with Gasteiger partial charge in [-0.3, -0.25) is 4.79 Å². The maximum Gasteiger partial charge on any atom is 0.425 e. The summed E-state index contributed by atoms with van der Waals surface area (Å²) in [7, 11) is 0. The highest BCUT2D eigenvalue weighted by molar-refractivity contribution is 8.18. The fraction of sp³-hybridized carbons (Fsp3) is 0.576. The normalized spacial score (nSPS) is 16.5. The predicted octanol–water partition coefficient (Wildman–Crippen LogP) is 17.2. The first-order valence-corrected chi connectivity index (χ1v) is 30.5. The minimum atomic E-state index is -4.93. The summed E-state index contributed by atoms with van der Waals surface area (Å²) in [5, 5.41) is 8.07. The average molecular weight is 1380 g/mol. The van der Waals surface area contributed by atoms with Crippen LogP contribution in [0.15, 0.2) is 49.3 Å². The van der Waals surface area contributed by atoms with Gasteiger partial charge in [-0.25, -0.2) is 67.2 Å². The first kappa shape index (κ1) is 77.4. The van der Waals surface area contributed by atoms with Crippen molar-refractivity contribution in [2.75, 3.05) is 22.9 Å². The van der Waals surface area contributed by atoms with Crippen LogP contribution in [0.4, 0.5) is 77.6 Å². The number of amides is 4. The zero-order valence-electron chi connectivity index (χ0n) is 53.7. The van der Waals surface area contributed by atoms with Crippen LogP contribution in [-0.4, -0.2) is 125 Å². The molecule has 0 bridgehead atoms.